The molecule has 1 amide bonds. The highest BCUT2D eigenvalue weighted by molar-refractivity contribution is 7.99. The summed E-state index contributed by atoms with van der Waals surface area (Å²) in [6.45, 7) is 1.78. The van der Waals surface area contributed by atoms with Gasteiger partial charge in [-0.25, -0.2) is 4.79 Å². The average Bonchev–Trinajstić information content (AvgIpc) is 2.08. The van der Waals surface area contributed by atoms with E-state index in [9.17, 15) is 18.0 Å². The summed E-state index contributed by atoms with van der Waals surface area (Å²) in [5.41, 5.74) is 0. The number of alkyl halides is 3. The quantitative estimate of drug-likeness (QED) is 0.707. The molecule has 0 bridgehead atoms. The van der Waals surface area contributed by atoms with Crippen LogP contribution in [0.1, 0.15) is 19.8 Å². The van der Waals surface area contributed by atoms with Crippen LogP contribution >= 0.6 is 11.8 Å². The van der Waals surface area contributed by atoms with Crippen LogP contribution in [-0.2, 0) is 0 Å². The van der Waals surface area contributed by atoms with Gasteiger partial charge < -0.3 is 10.4 Å². The fourth-order valence-corrected chi connectivity index (χ4v) is 2.00. The third-order valence-electron chi connectivity index (χ3n) is 1.67. The normalized spacial score (nSPS) is 13.6. The Balaban J connectivity index is 3.59. The van der Waals surface area contributed by atoms with E-state index >= 15 is 0 Å². The van der Waals surface area contributed by atoms with E-state index in [0.29, 0.717) is 12.2 Å². The molecule has 0 aromatic rings. The zero-order valence-corrected chi connectivity index (χ0v) is 9.12. The van der Waals surface area contributed by atoms with Gasteiger partial charge in [-0.05, 0) is 6.42 Å². The summed E-state index contributed by atoms with van der Waals surface area (Å²) in [6.07, 6.45) is -5.53. The molecule has 0 spiro atoms. The SMILES string of the molecule is CCC(CSCCC(F)(F)F)NC(=O)O. The number of hydrogen-bond acceptors (Lipinski definition) is 2. The second-order valence-corrected chi connectivity index (χ2v) is 4.14. The minimum atomic E-state index is -4.13. The van der Waals surface area contributed by atoms with Crippen LogP contribution in [0.3, 0.4) is 0 Å². The molecule has 7 heteroatoms. The standard InChI is InChI=1S/C8H14F3NO2S/c1-2-6(12-7(13)14)5-15-4-3-8(9,10)11/h6,12H,2-5H2,1H3,(H,13,14). The third-order valence-corrected chi connectivity index (χ3v) is 2.80. The number of carbonyl (C=O) groups is 1. The molecule has 0 heterocycles. The lowest BCUT2D eigenvalue weighted by molar-refractivity contribution is -0.129. The lowest BCUT2D eigenvalue weighted by Gasteiger charge is -2.14. The Morgan fingerprint density at radius 1 is 1.53 bits per heavy atom. The van der Waals surface area contributed by atoms with Crippen molar-refractivity contribution in [2.45, 2.75) is 32.0 Å². The molecular weight excluding hydrogens is 231 g/mol. The van der Waals surface area contributed by atoms with Gasteiger partial charge in [-0.1, -0.05) is 6.92 Å². The molecule has 15 heavy (non-hydrogen) atoms. The highest BCUT2D eigenvalue weighted by Gasteiger charge is 2.26. The molecule has 0 aliphatic carbocycles. The number of nitrogens with one attached hydrogen (secondary N) is 1. The van der Waals surface area contributed by atoms with E-state index in [0.717, 1.165) is 11.8 Å². The molecule has 0 aromatic carbocycles. The molecule has 0 fully saturated rings. The fourth-order valence-electron chi connectivity index (χ4n) is 0.850. The minimum absolute atomic E-state index is 0.0265. The van der Waals surface area contributed by atoms with E-state index in [-0.39, 0.29) is 11.8 Å². The van der Waals surface area contributed by atoms with Crippen LogP contribution in [-0.4, -0.2) is 34.9 Å². The largest absolute Gasteiger partial charge is 0.465 e. The number of thioether (sulfide) groups is 1. The first-order valence-electron chi connectivity index (χ1n) is 4.49. The Hall–Kier alpha value is -0.590. The van der Waals surface area contributed by atoms with Gasteiger partial charge in [0.25, 0.3) is 0 Å². The Kier molecular flexibility index (Phi) is 6.55. The van der Waals surface area contributed by atoms with Gasteiger partial charge in [-0.15, -0.1) is 0 Å². The van der Waals surface area contributed by atoms with Crippen molar-refractivity contribution in [3.8, 4) is 0 Å². The minimum Gasteiger partial charge on any atom is -0.465 e. The molecule has 1 atom stereocenters. The molecular formula is C8H14F3NO2S. The van der Waals surface area contributed by atoms with Gasteiger partial charge >= 0.3 is 12.3 Å². The highest BCUT2D eigenvalue weighted by atomic mass is 32.2. The topological polar surface area (TPSA) is 49.3 Å². The lowest BCUT2D eigenvalue weighted by atomic mass is 10.3. The molecule has 0 aliphatic heterocycles. The van der Waals surface area contributed by atoms with Gasteiger partial charge in [-0.2, -0.15) is 24.9 Å². The maximum absolute atomic E-state index is 11.7. The molecule has 3 nitrogen and oxygen atoms in total. The van der Waals surface area contributed by atoms with Gasteiger partial charge in [0.1, 0.15) is 0 Å². The first-order chi connectivity index (χ1) is 6.85. The first kappa shape index (κ1) is 14.4. The smallest absolute Gasteiger partial charge is 0.404 e. The number of carboxylic acid groups (broad SMARTS) is 1. The summed E-state index contributed by atoms with van der Waals surface area (Å²) < 4.78 is 35.2. The maximum atomic E-state index is 11.7. The summed E-state index contributed by atoms with van der Waals surface area (Å²) in [7, 11) is 0. The molecule has 0 rings (SSSR count). The number of hydrogen-bond donors (Lipinski definition) is 2. The van der Waals surface area contributed by atoms with E-state index in [1.807, 2.05) is 0 Å². The van der Waals surface area contributed by atoms with Crippen molar-refractivity contribution < 1.29 is 23.1 Å². The van der Waals surface area contributed by atoms with Crippen molar-refractivity contribution in [2.75, 3.05) is 11.5 Å². The van der Waals surface area contributed by atoms with Crippen LogP contribution in [0.25, 0.3) is 0 Å². The average molecular weight is 245 g/mol. The van der Waals surface area contributed by atoms with Gasteiger partial charge in [0.05, 0.1) is 6.42 Å². The molecule has 1 unspecified atom stereocenters. The molecule has 0 saturated carbocycles. The van der Waals surface area contributed by atoms with Crippen LogP contribution in [0.2, 0.25) is 0 Å². The van der Waals surface area contributed by atoms with E-state index in [1.165, 1.54) is 0 Å². The van der Waals surface area contributed by atoms with Crippen molar-refractivity contribution in [3.63, 3.8) is 0 Å². The second-order valence-electron chi connectivity index (χ2n) is 2.99. The van der Waals surface area contributed by atoms with Crippen LogP contribution in [0.4, 0.5) is 18.0 Å². The molecule has 90 valence electrons. The van der Waals surface area contributed by atoms with Gasteiger partial charge in [0.15, 0.2) is 0 Å². The lowest BCUT2D eigenvalue weighted by Crippen LogP contribution is -2.35. The molecule has 0 aliphatic rings. The number of rotatable bonds is 6. The first-order valence-corrected chi connectivity index (χ1v) is 5.64. The Bertz CT molecular complexity index is 199. The molecule has 2 N–H and O–H groups in total. The molecule has 0 aromatic heterocycles. The summed E-state index contributed by atoms with van der Waals surface area (Å²) in [4.78, 5) is 10.3. The van der Waals surface area contributed by atoms with E-state index in [2.05, 4.69) is 5.32 Å². The molecule has 0 saturated heterocycles. The third kappa shape index (κ3) is 9.71. The second kappa shape index (κ2) is 6.81. The Morgan fingerprint density at radius 3 is 2.53 bits per heavy atom. The Morgan fingerprint density at radius 2 is 2.13 bits per heavy atom. The molecule has 0 radical (unpaired) electrons. The number of halogens is 3. The zero-order valence-electron chi connectivity index (χ0n) is 8.30. The van der Waals surface area contributed by atoms with E-state index < -0.39 is 18.7 Å². The monoisotopic (exact) mass is 245 g/mol. The predicted molar refractivity (Wildman–Crippen MR) is 53.2 cm³/mol. The predicted octanol–water partition coefficient (Wildman–Crippen LogP) is 2.72. The van der Waals surface area contributed by atoms with E-state index in [1.54, 1.807) is 6.92 Å². The van der Waals surface area contributed by atoms with Gasteiger partial charge in [-0.3, -0.25) is 0 Å². The van der Waals surface area contributed by atoms with Crippen LogP contribution < -0.4 is 5.32 Å². The van der Waals surface area contributed by atoms with Gasteiger partial charge in [0.2, 0.25) is 0 Å². The summed E-state index contributed by atoms with van der Waals surface area (Å²) >= 11 is 1.11. The van der Waals surface area contributed by atoms with Crippen LogP contribution in [0.5, 0.6) is 0 Å². The van der Waals surface area contributed by atoms with Crippen molar-refractivity contribution >= 4 is 17.9 Å². The highest BCUT2D eigenvalue weighted by Crippen LogP contribution is 2.22. The summed E-state index contributed by atoms with van der Waals surface area (Å²) in [5.74, 6) is 0.347. The maximum Gasteiger partial charge on any atom is 0.404 e. The Labute approximate surface area is 90.4 Å². The van der Waals surface area contributed by atoms with Crippen molar-refractivity contribution in [1.29, 1.82) is 0 Å². The summed E-state index contributed by atoms with van der Waals surface area (Å²) in [6, 6.07) is -0.277. The fraction of sp³-hybridized carbons (Fsp3) is 0.875. The zero-order chi connectivity index (χ0) is 11.9. The van der Waals surface area contributed by atoms with Gasteiger partial charge in [0, 0.05) is 17.5 Å². The van der Waals surface area contributed by atoms with Crippen molar-refractivity contribution in [1.82, 2.24) is 5.32 Å². The van der Waals surface area contributed by atoms with Crippen LogP contribution in [0, 0.1) is 0 Å². The van der Waals surface area contributed by atoms with E-state index in [4.69, 9.17) is 5.11 Å². The van der Waals surface area contributed by atoms with Crippen LogP contribution in [0.15, 0.2) is 0 Å². The van der Waals surface area contributed by atoms with Crippen molar-refractivity contribution in [2.24, 2.45) is 0 Å². The summed E-state index contributed by atoms with van der Waals surface area (Å²) in [5, 5.41) is 10.6. The number of amides is 1. The van der Waals surface area contributed by atoms with Crippen molar-refractivity contribution in [3.05, 3.63) is 0 Å².